The molecule has 0 amide bonds. The highest BCUT2D eigenvalue weighted by molar-refractivity contribution is 4.91. The van der Waals surface area contributed by atoms with Gasteiger partial charge in [-0.3, -0.25) is 4.90 Å². The van der Waals surface area contributed by atoms with Crippen molar-refractivity contribution in [2.75, 3.05) is 40.3 Å². The van der Waals surface area contributed by atoms with Crippen LogP contribution >= 0.6 is 0 Å². The fourth-order valence-corrected chi connectivity index (χ4v) is 2.04. The zero-order valence-corrected chi connectivity index (χ0v) is 9.29. The van der Waals surface area contributed by atoms with Crippen molar-refractivity contribution in [3.63, 3.8) is 0 Å². The van der Waals surface area contributed by atoms with E-state index in [2.05, 4.69) is 23.9 Å². The molecule has 0 spiro atoms. The zero-order chi connectivity index (χ0) is 9.84. The van der Waals surface area contributed by atoms with Crippen molar-refractivity contribution in [2.24, 2.45) is 0 Å². The first-order chi connectivity index (χ1) is 6.27. The number of rotatable bonds is 0. The van der Waals surface area contributed by atoms with Gasteiger partial charge in [-0.25, -0.2) is 0 Å². The van der Waals surface area contributed by atoms with Gasteiger partial charge in [-0.15, -0.1) is 0 Å². The van der Waals surface area contributed by atoms with E-state index in [1.807, 2.05) is 13.8 Å². The fraction of sp³-hybridized carbons (Fsp3) is 1.00. The van der Waals surface area contributed by atoms with E-state index < -0.39 is 0 Å². The number of morpholine rings is 1. The molecule has 2 rings (SSSR count). The highest BCUT2D eigenvalue weighted by Gasteiger charge is 2.36. The minimum atomic E-state index is 0.471. The van der Waals surface area contributed by atoms with Crippen LogP contribution in [0.1, 0.15) is 13.8 Å². The van der Waals surface area contributed by atoms with E-state index in [1.54, 1.807) is 0 Å². The highest BCUT2D eigenvalue weighted by Crippen LogP contribution is 2.19. The molecule has 0 aromatic rings. The second-order valence-corrected chi connectivity index (χ2v) is 3.68. The minimum Gasteiger partial charge on any atom is -0.374 e. The average Bonchev–Trinajstić information content (AvgIpc) is 2.51. The number of likely N-dealkylation sites (tertiary alicyclic amines) is 1. The Morgan fingerprint density at radius 3 is 2.46 bits per heavy atom. The lowest BCUT2D eigenvalue weighted by Crippen LogP contribution is -2.48. The van der Waals surface area contributed by atoms with Crippen LogP contribution in [-0.2, 0) is 4.74 Å². The van der Waals surface area contributed by atoms with Crippen molar-refractivity contribution >= 4 is 0 Å². The quantitative estimate of drug-likeness (QED) is 0.552. The number of likely N-dealkylation sites (N-methyl/N-ethyl adjacent to an activating group) is 2. The second kappa shape index (κ2) is 4.94. The third-order valence-corrected chi connectivity index (χ3v) is 2.76. The standard InChI is InChI=1S/C8H16N2O.C2H6/c1-9-5-7-8(6-9)11-4-3-10(7)2;1-2/h7-8H,3-6H2,1-2H3;1-2H3. The Kier molecular flexibility index (Phi) is 4.16. The van der Waals surface area contributed by atoms with E-state index >= 15 is 0 Å². The summed E-state index contributed by atoms with van der Waals surface area (Å²) in [4.78, 5) is 4.76. The lowest BCUT2D eigenvalue weighted by molar-refractivity contribution is -0.0368. The molecule has 0 aromatic carbocycles. The largest absolute Gasteiger partial charge is 0.374 e. The normalized spacial score (nSPS) is 35.1. The van der Waals surface area contributed by atoms with Crippen LogP contribution < -0.4 is 0 Å². The Bertz CT molecular complexity index is 152. The van der Waals surface area contributed by atoms with Gasteiger partial charge in [0.15, 0.2) is 0 Å². The lowest BCUT2D eigenvalue weighted by atomic mass is 10.1. The summed E-state index contributed by atoms with van der Waals surface area (Å²) in [6.45, 7) is 8.27. The fourth-order valence-electron chi connectivity index (χ4n) is 2.04. The van der Waals surface area contributed by atoms with E-state index in [9.17, 15) is 0 Å². The summed E-state index contributed by atoms with van der Waals surface area (Å²) >= 11 is 0. The van der Waals surface area contributed by atoms with Crippen molar-refractivity contribution < 1.29 is 4.74 Å². The van der Waals surface area contributed by atoms with Crippen LogP contribution in [0.2, 0.25) is 0 Å². The summed E-state index contributed by atoms with van der Waals surface area (Å²) in [5.74, 6) is 0. The maximum absolute atomic E-state index is 5.66. The predicted octanol–water partition coefficient (Wildman–Crippen LogP) is 0.657. The van der Waals surface area contributed by atoms with Crippen LogP contribution in [-0.4, -0.2) is 62.3 Å². The van der Waals surface area contributed by atoms with Gasteiger partial charge in [-0.2, -0.15) is 0 Å². The SMILES string of the molecule is CC.CN1CC2OCCN(C)C2C1. The summed E-state index contributed by atoms with van der Waals surface area (Å²) in [5, 5.41) is 0. The minimum absolute atomic E-state index is 0.471. The molecule has 13 heavy (non-hydrogen) atoms. The molecule has 2 saturated heterocycles. The molecule has 2 unspecified atom stereocenters. The Morgan fingerprint density at radius 1 is 1.15 bits per heavy atom. The van der Waals surface area contributed by atoms with Crippen molar-refractivity contribution in [3.05, 3.63) is 0 Å². The van der Waals surface area contributed by atoms with Gasteiger partial charge < -0.3 is 9.64 Å². The van der Waals surface area contributed by atoms with Gasteiger partial charge in [0, 0.05) is 25.7 Å². The van der Waals surface area contributed by atoms with Gasteiger partial charge in [-0.05, 0) is 14.1 Å². The van der Waals surface area contributed by atoms with Crippen LogP contribution in [0.3, 0.4) is 0 Å². The number of hydrogen-bond donors (Lipinski definition) is 0. The van der Waals surface area contributed by atoms with E-state index in [0.29, 0.717) is 12.1 Å². The molecule has 2 aliphatic heterocycles. The summed E-state index contributed by atoms with van der Waals surface area (Å²) in [5.41, 5.74) is 0. The van der Waals surface area contributed by atoms with Crippen LogP contribution in [0.4, 0.5) is 0 Å². The van der Waals surface area contributed by atoms with Gasteiger partial charge in [0.25, 0.3) is 0 Å². The summed E-state index contributed by atoms with van der Waals surface area (Å²) in [6.07, 6.45) is 0.471. The second-order valence-electron chi connectivity index (χ2n) is 3.68. The van der Waals surface area contributed by atoms with Gasteiger partial charge >= 0.3 is 0 Å². The van der Waals surface area contributed by atoms with Gasteiger partial charge in [0.05, 0.1) is 12.7 Å². The molecule has 0 aromatic heterocycles. The molecule has 0 bridgehead atoms. The van der Waals surface area contributed by atoms with E-state index in [0.717, 1.165) is 19.7 Å². The molecule has 3 heteroatoms. The smallest absolute Gasteiger partial charge is 0.0869 e. The maximum Gasteiger partial charge on any atom is 0.0869 e. The third kappa shape index (κ3) is 2.42. The van der Waals surface area contributed by atoms with Crippen molar-refractivity contribution in [1.82, 2.24) is 9.80 Å². The molecule has 0 N–H and O–H groups in total. The first-order valence-corrected chi connectivity index (χ1v) is 5.28. The molecule has 0 saturated carbocycles. The molecule has 2 heterocycles. The van der Waals surface area contributed by atoms with E-state index in [4.69, 9.17) is 4.74 Å². The first kappa shape index (κ1) is 11.0. The molecule has 78 valence electrons. The van der Waals surface area contributed by atoms with Crippen molar-refractivity contribution in [2.45, 2.75) is 26.0 Å². The first-order valence-electron chi connectivity index (χ1n) is 5.28. The van der Waals surface area contributed by atoms with Crippen LogP contribution in [0.5, 0.6) is 0 Å². The molecule has 2 atom stereocenters. The Morgan fingerprint density at radius 2 is 1.85 bits per heavy atom. The molecule has 0 radical (unpaired) electrons. The summed E-state index contributed by atoms with van der Waals surface area (Å²) in [6, 6.07) is 0.647. The monoisotopic (exact) mass is 186 g/mol. The molecular formula is C10H22N2O. The maximum atomic E-state index is 5.66. The average molecular weight is 186 g/mol. The Labute approximate surface area is 81.7 Å². The highest BCUT2D eigenvalue weighted by atomic mass is 16.5. The zero-order valence-electron chi connectivity index (χ0n) is 9.29. The van der Waals surface area contributed by atoms with Crippen molar-refractivity contribution in [1.29, 1.82) is 0 Å². The number of fused-ring (bicyclic) bond motifs is 1. The number of nitrogens with zero attached hydrogens (tertiary/aromatic N) is 2. The topological polar surface area (TPSA) is 15.7 Å². The van der Waals surface area contributed by atoms with Crippen LogP contribution in [0.25, 0.3) is 0 Å². The van der Waals surface area contributed by atoms with Gasteiger partial charge in [0.2, 0.25) is 0 Å². The van der Waals surface area contributed by atoms with Gasteiger partial charge in [-0.1, -0.05) is 13.8 Å². The van der Waals surface area contributed by atoms with E-state index in [1.165, 1.54) is 6.54 Å². The Hall–Kier alpha value is -0.120. The van der Waals surface area contributed by atoms with Crippen LogP contribution in [0, 0.1) is 0 Å². The van der Waals surface area contributed by atoms with Crippen molar-refractivity contribution in [3.8, 4) is 0 Å². The molecule has 2 fully saturated rings. The van der Waals surface area contributed by atoms with E-state index in [-0.39, 0.29) is 0 Å². The third-order valence-electron chi connectivity index (χ3n) is 2.76. The number of hydrogen-bond acceptors (Lipinski definition) is 3. The summed E-state index contributed by atoms with van der Waals surface area (Å²) < 4.78 is 5.66. The lowest BCUT2D eigenvalue weighted by Gasteiger charge is -2.33. The van der Waals surface area contributed by atoms with Gasteiger partial charge in [0.1, 0.15) is 0 Å². The predicted molar refractivity (Wildman–Crippen MR) is 55.0 cm³/mol. The molecular weight excluding hydrogens is 164 g/mol. The molecule has 2 aliphatic rings. The van der Waals surface area contributed by atoms with Crippen LogP contribution in [0.15, 0.2) is 0 Å². The summed E-state index contributed by atoms with van der Waals surface area (Å²) in [7, 11) is 4.36. The molecule has 0 aliphatic carbocycles. The number of ether oxygens (including phenoxy) is 1. The molecule has 3 nitrogen and oxygen atoms in total. The Balaban J connectivity index is 0.000000396.